The van der Waals surface area contributed by atoms with Crippen LogP contribution in [0.2, 0.25) is 0 Å². The lowest BCUT2D eigenvalue weighted by Gasteiger charge is -2.37. The number of hydrogen-bond donors (Lipinski definition) is 0. The minimum absolute atomic E-state index is 0.0603. The van der Waals surface area contributed by atoms with Gasteiger partial charge in [-0.05, 0) is 68.7 Å². The van der Waals surface area contributed by atoms with Crippen LogP contribution in [-0.4, -0.2) is 55.3 Å². The summed E-state index contributed by atoms with van der Waals surface area (Å²) in [4.78, 5) is 17.0. The quantitative estimate of drug-likeness (QED) is 0.486. The van der Waals surface area contributed by atoms with Crippen LogP contribution in [0.15, 0.2) is 35.9 Å². The number of piperidine rings is 1. The van der Waals surface area contributed by atoms with Crippen LogP contribution in [0.4, 0.5) is 10.1 Å². The minimum atomic E-state index is -0.255. The van der Waals surface area contributed by atoms with Gasteiger partial charge < -0.3 is 19.1 Å². The molecule has 6 nitrogen and oxygen atoms in total. The number of nitrogens with zero attached hydrogens (tertiary/aromatic N) is 4. The molecule has 1 amide bonds. The van der Waals surface area contributed by atoms with E-state index in [2.05, 4.69) is 15.5 Å². The van der Waals surface area contributed by atoms with Crippen molar-refractivity contribution in [3.8, 4) is 6.07 Å². The smallest absolute Gasteiger partial charge is 0.264 e. The van der Waals surface area contributed by atoms with Crippen LogP contribution >= 0.6 is 0 Å². The number of amides is 1. The van der Waals surface area contributed by atoms with Crippen molar-refractivity contribution in [1.82, 2.24) is 9.47 Å². The molecule has 0 unspecified atom stereocenters. The fraction of sp³-hybridized carbons (Fsp3) is 0.440. The van der Waals surface area contributed by atoms with Crippen LogP contribution in [-0.2, 0) is 16.1 Å². The summed E-state index contributed by atoms with van der Waals surface area (Å²) in [5.41, 5.74) is 4.08. The van der Waals surface area contributed by atoms with Gasteiger partial charge in [-0.3, -0.25) is 4.79 Å². The summed E-state index contributed by atoms with van der Waals surface area (Å²) in [5, 5.41) is 9.70. The number of carbonyl (C=O) groups is 1. The van der Waals surface area contributed by atoms with Crippen LogP contribution in [0.25, 0.3) is 6.08 Å². The van der Waals surface area contributed by atoms with Crippen molar-refractivity contribution < 1.29 is 13.9 Å². The lowest BCUT2D eigenvalue weighted by Crippen LogP contribution is -2.46. The van der Waals surface area contributed by atoms with Crippen LogP contribution < -0.4 is 4.90 Å². The first kappa shape index (κ1) is 23.6. The van der Waals surface area contributed by atoms with E-state index < -0.39 is 0 Å². The number of benzene rings is 1. The highest BCUT2D eigenvalue weighted by molar-refractivity contribution is 6.01. The van der Waals surface area contributed by atoms with E-state index in [9.17, 15) is 14.4 Å². The largest absolute Gasteiger partial charge is 0.383 e. The second kappa shape index (κ2) is 10.5. The zero-order valence-corrected chi connectivity index (χ0v) is 19.3. The second-order valence-corrected chi connectivity index (χ2v) is 8.25. The predicted molar refractivity (Wildman–Crippen MR) is 124 cm³/mol. The molecule has 1 saturated heterocycles. The van der Waals surface area contributed by atoms with E-state index in [0.29, 0.717) is 6.61 Å². The van der Waals surface area contributed by atoms with Gasteiger partial charge in [0.05, 0.1) is 6.61 Å². The monoisotopic (exact) mass is 438 g/mol. The number of methoxy groups -OCH3 is 1. The maximum absolute atomic E-state index is 13.2. The Morgan fingerprint density at radius 3 is 2.53 bits per heavy atom. The number of likely N-dealkylation sites (N-methyl/N-ethyl adjacent to an activating group) is 1. The van der Waals surface area contributed by atoms with Gasteiger partial charge in [0.25, 0.3) is 5.91 Å². The van der Waals surface area contributed by atoms with Gasteiger partial charge in [-0.15, -0.1) is 0 Å². The van der Waals surface area contributed by atoms with Crippen molar-refractivity contribution in [3.63, 3.8) is 0 Å². The molecule has 7 heteroatoms. The molecule has 3 rings (SSSR count). The average molecular weight is 439 g/mol. The lowest BCUT2D eigenvalue weighted by atomic mass is 10.0. The van der Waals surface area contributed by atoms with Crippen LogP contribution in [0.5, 0.6) is 0 Å². The van der Waals surface area contributed by atoms with E-state index in [-0.39, 0.29) is 23.3 Å². The summed E-state index contributed by atoms with van der Waals surface area (Å²) < 4.78 is 20.5. The molecule has 0 spiro atoms. The van der Waals surface area contributed by atoms with E-state index in [1.54, 1.807) is 37.3 Å². The third-order valence-electron chi connectivity index (χ3n) is 6.31. The Morgan fingerprint density at radius 1 is 1.28 bits per heavy atom. The van der Waals surface area contributed by atoms with Gasteiger partial charge >= 0.3 is 0 Å². The van der Waals surface area contributed by atoms with E-state index >= 15 is 0 Å². The maximum atomic E-state index is 13.2. The molecule has 0 atom stereocenters. The summed E-state index contributed by atoms with van der Waals surface area (Å²) in [6.07, 6.45) is 3.28. The topological polar surface area (TPSA) is 61.5 Å². The molecule has 170 valence electrons. The number of nitriles is 1. The molecule has 0 aliphatic carbocycles. The summed E-state index contributed by atoms with van der Waals surface area (Å²) in [6, 6.07) is 10.7. The number of rotatable bonds is 7. The minimum Gasteiger partial charge on any atom is -0.383 e. The third kappa shape index (κ3) is 5.20. The van der Waals surface area contributed by atoms with E-state index in [1.165, 1.54) is 12.1 Å². The fourth-order valence-corrected chi connectivity index (χ4v) is 4.32. The molecule has 1 aromatic heterocycles. The number of aromatic nitrogens is 1. The van der Waals surface area contributed by atoms with Gasteiger partial charge in [0.2, 0.25) is 0 Å². The summed E-state index contributed by atoms with van der Waals surface area (Å²) in [5.74, 6) is -0.501. The zero-order chi connectivity index (χ0) is 23.3. The highest BCUT2D eigenvalue weighted by Crippen LogP contribution is 2.24. The Morgan fingerprint density at radius 2 is 1.94 bits per heavy atom. The van der Waals surface area contributed by atoms with Crippen molar-refractivity contribution in [2.24, 2.45) is 0 Å². The average Bonchev–Trinajstić information content (AvgIpc) is 3.07. The lowest BCUT2D eigenvalue weighted by molar-refractivity contribution is -0.127. The van der Waals surface area contributed by atoms with Crippen LogP contribution in [0, 0.1) is 31.0 Å². The SMILES string of the molecule is COCCn1c(C)cc(/C=C(/C#N)C(=O)N(C)C2CCN(c3ccc(F)cc3)CC2)c1C. The van der Waals surface area contributed by atoms with Gasteiger partial charge in [0, 0.05) is 56.9 Å². The first-order valence-electron chi connectivity index (χ1n) is 10.9. The maximum Gasteiger partial charge on any atom is 0.264 e. The molecule has 2 aromatic rings. The Labute approximate surface area is 189 Å². The van der Waals surface area contributed by atoms with Crippen molar-refractivity contribution >= 4 is 17.7 Å². The van der Waals surface area contributed by atoms with Crippen LogP contribution in [0.3, 0.4) is 0 Å². The standard InChI is InChI=1S/C25H31FN4O2/c1-18-15-20(19(2)30(18)13-14-32-4)16-21(17-27)25(31)28(3)23-9-11-29(12-10-23)24-7-5-22(26)6-8-24/h5-8,15-16,23H,9-14H2,1-4H3/b21-16-. The van der Waals surface area contributed by atoms with Crippen molar-refractivity contribution in [1.29, 1.82) is 5.26 Å². The highest BCUT2D eigenvalue weighted by atomic mass is 19.1. The molecule has 0 N–H and O–H groups in total. The van der Waals surface area contributed by atoms with Gasteiger partial charge in [-0.25, -0.2) is 4.39 Å². The second-order valence-electron chi connectivity index (χ2n) is 8.25. The summed E-state index contributed by atoms with van der Waals surface area (Å²) >= 11 is 0. The third-order valence-corrected chi connectivity index (χ3v) is 6.31. The molecule has 1 aliphatic heterocycles. The number of ether oxygens (including phenoxy) is 1. The number of anilines is 1. The first-order valence-corrected chi connectivity index (χ1v) is 10.9. The van der Waals surface area contributed by atoms with Gasteiger partial charge in [-0.2, -0.15) is 5.26 Å². The molecule has 1 aliphatic rings. The molecule has 0 saturated carbocycles. The number of aryl methyl sites for hydroxylation is 1. The van der Waals surface area contributed by atoms with Gasteiger partial charge in [0.15, 0.2) is 0 Å². The summed E-state index contributed by atoms with van der Waals surface area (Å²) in [6.45, 7) is 6.88. The Hall–Kier alpha value is -3.11. The number of carbonyl (C=O) groups excluding carboxylic acids is 1. The van der Waals surface area contributed by atoms with E-state index in [0.717, 1.165) is 55.1 Å². The van der Waals surface area contributed by atoms with Crippen molar-refractivity contribution in [2.45, 2.75) is 39.3 Å². The van der Waals surface area contributed by atoms with Crippen molar-refractivity contribution in [2.75, 3.05) is 38.8 Å². The van der Waals surface area contributed by atoms with E-state index in [4.69, 9.17) is 4.74 Å². The van der Waals surface area contributed by atoms with Gasteiger partial charge in [0.1, 0.15) is 17.5 Å². The Kier molecular flexibility index (Phi) is 7.70. The molecular formula is C25H31FN4O2. The Bertz CT molecular complexity index is 1010. The zero-order valence-electron chi connectivity index (χ0n) is 19.3. The molecule has 32 heavy (non-hydrogen) atoms. The molecule has 0 bridgehead atoms. The molecule has 1 aromatic carbocycles. The first-order chi connectivity index (χ1) is 15.3. The summed E-state index contributed by atoms with van der Waals surface area (Å²) in [7, 11) is 3.44. The number of hydrogen-bond acceptors (Lipinski definition) is 4. The molecule has 0 radical (unpaired) electrons. The normalized spacial score (nSPS) is 15.0. The Balaban J connectivity index is 1.68. The molecule has 2 heterocycles. The molecular weight excluding hydrogens is 407 g/mol. The highest BCUT2D eigenvalue weighted by Gasteiger charge is 2.27. The number of halogens is 1. The predicted octanol–water partition coefficient (Wildman–Crippen LogP) is 3.92. The molecule has 1 fully saturated rings. The fourth-order valence-electron chi connectivity index (χ4n) is 4.32. The van der Waals surface area contributed by atoms with E-state index in [1.807, 2.05) is 19.9 Å². The van der Waals surface area contributed by atoms with Crippen molar-refractivity contribution in [3.05, 3.63) is 58.7 Å². The van der Waals surface area contributed by atoms with Crippen LogP contribution in [0.1, 0.15) is 29.8 Å². The van der Waals surface area contributed by atoms with Gasteiger partial charge in [-0.1, -0.05) is 0 Å².